The van der Waals surface area contributed by atoms with Gasteiger partial charge in [0.2, 0.25) is 5.71 Å². The van der Waals surface area contributed by atoms with Gasteiger partial charge in [-0.05, 0) is 0 Å². The maximum atomic E-state index is 10.5. The Hall–Kier alpha value is -2.35. The first-order valence-corrected chi connectivity index (χ1v) is 5.02. The highest BCUT2D eigenvalue weighted by Crippen LogP contribution is 2.34. The summed E-state index contributed by atoms with van der Waals surface area (Å²) in [7, 11) is 0. The summed E-state index contributed by atoms with van der Waals surface area (Å²) in [5.41, 5.74) is 1.67. The van der Waals surface area contributed by atoms with Crippen LogP contribution in [0.5, 0.6) is 0 Å². The first-order valence-electron chi connectivity index (χ1n) is 4.27. The number of halogens is 2. The first kappa shape index (κ1) is 13.7. The zero-order valence-electron chi connectivity index (χ0n) is 8.52. The molecule has 1 N–H and O–H groups in total. The number of nitrogens with zero attached hydrogens (tertiary/aromatic N) is 4. The summed E-state index contributed by atoms with van der Waals surface area (Å²) in [6.45, 7) is 0. The second-order valence-electron chi connectivity index (χ2n) is 2.84. The second-order valence-corrected chi connectivity index (χ2v) is 3.65. The third-order valence-corrected chi connectivity index (χ3v) is 2.33. The molecule has 0 saturated heterocycles. The van der Waals surface area contributed by atoms with E-state index in [-0.39, 0.29) is 21.4 Å². The average molecular weight is 284 g/mol. The van der Waals surface area contributed by atoms with Gasteiger partial charge in [0.05, 0.1) is 20.7 Å². The van der Waals surface area contributed by atoms with E-state index in [1.54, 1.807) is 0 Å². The van der Waals surface area contributed by atoms with Gasteiger partial charge in [0, 0.05) is 12.1 Å². The quantitative estimate of drug-likeness (QED) is 0.520. The summed E-state index contributed by atoms with van der Waals surface area (Å²) >= 11 is 11.5. The highest BCUT2D eigenvalue weighted by atomic mass is 35.5. The molecule has 0 spiro atoms. The summed E-state index contributed by atoms with van der Waals surface area (Å²) in [6, 6.07) is 5.19. The highest BCUT2D eigenvalue weighted by Gasteiger charge is 2.14. The molecule has 0 unspecified atom stereocenters. The number of nitro groups is 1. The Labute approximate surface area is 111 Å². The molecule has 90 valence electrons. The van der Waals surface area contributed by atoms with Gasteiger partial charge < -0.3 is 0 Å². The molecule has 0 radical (unpaired) electrons. The van der Waals surface area contributed by atoms with E-state index in [0.717, 1.165) is 12.1 Å². The van der Waals surface area contributed by atoms with Crippen LogP contribution in [0, 0.1) is 32.8 Å². The molecular formula is C9H3Cl2N5O2. The number of benzene rings is 1. The van der Waals surface area contributed by atoms with Gasteiger partial charge in [-0.3, -0.25) is 15.5 Å². The van der Waals surface area contributed by atoms with E-state index in [1.165, 1.54) is 12.1 Å². The van der Waals surface area contributed by atoms with Crippen LogP contribution >= 0.6 is 23.2 Å². The van der Waals surface area contributed by atoms with Gasteiger partial charge in [0.1, 0.15) is 12.1 Å². The third-order valence-electron chi connectivity index (χ3n) is 1.73. The molecule has 0 aliphatic heterocycles. The summed E-state index contributed by atoms with van der Waals surface area (Å²) < 4.78 is 0. The van der Waals surface area contributed by atoms with Crippen molar-refractivity contribution < 1.29 is 4.92 Å². The maximum absolute atomic E-state index is 10.5. The van der Waals surface area contributed by atoms with Crippen molar-refractivity contribution in [3.05, 3.63) is 32.3 Å². The van der Waals surface area contributed by atoms with Crippen molar-refractivity contribution in [2.75, 3.05) is 5.43 Å². The number of hydrogen-bond acceptors (Lipinski definition) is 6. The largest absolute Gasteiger partial charge is 0.273 e. The summed E-state index contributed by atoms with van der Waals surface area (Å²) in [4.78, 5) is 9.88. The van der Waals surface area contributed by atoms with Gasteiger partial charge in [-0.15, -0.1) is 0 Å². The molecule has 0 fully saturated rings. The van der Waals surface area contributed by atoms with Crippen molar-refractivity contribution in [2.45, 2.75) is 0 Å². The van der Waals surface area contributed by atoms with E-state index in [2.05, 4.69) is 10.5 Å². The molecule has 0 aliphatic carbocycles. The van der Waals surface area contributed by atoms with Crippen molar-refractivity contribution in [1.82, 2.24) is 0 Å². The van der Waals surface area contributed by atoms with Gasteiger partial charge in [-0.25, -0.2) is 0 Å². The molecular weight excluding hydrogens is 281 g/mol. The van der Waals surface area contributed by atoms with Gasteiger partial charge >= 0.3 is 0 Å². The van der Waals surface area contributed by atoms with Gasteiger partial charge in [-0.2, -0.15) is 15.6 Å². The number of hydrogen-bond donors (Lipinski definition) is 1. The van der Waals surface area contributed by atoms with Gasteiger partial charge in [0.15, 0.2) is 0 Å². The topological polar surface area (TPSA) is 115 Å². The molecule has 9 heteroatoms. The molecule has 0 heterocycles. The lowest BCUT2D eigenvalue weighted by molar-refractivity contribution is -0.384. The monoisotopic (exact) mass is 283 g/mol. The molecule has 7 nitrogen and oxygen atoms in total. The number of nitro benzene ring substituents is 1. The van der Waals surface area contributed by atoms with Crippen molar-refractivity contribution in [3.63, 3.8) is 0 Å². The van der Waals surface area contributed by atoms with Crippen LogP contribution in [0.15, 0.2) is 17.2 Å². The van der Waals surface area contributed by atoms with Crippen LogP contribution < -0.4 is 5.43 Å². The van der Waals surface area contributed by atoms with Crippen molar-refractivity contribution >= 4 is 40.3 Å². The minimum absolute atomic E-state index is 0.0480. The molecule has 0 aliphatic rings. The van der Waals surface area contributed by atoms with Gasteiger partial charge in [-0.1, -0.05) is 23.2 Å². The Kier molecular flexibility index (Phi) is 4.44. The molecule has 0 bridgehead atoms. The van der Waals surface area contributed by atoms with Crippen molar-refractivity contribution in [3.8, 4) is 12.1 Å². The standard InChI is InChI=1S/C9H3Cl2N5O2/c10-7-1-6(16(17)18)2-8(11)9(7)15-14-5(3-12)4-13/h1-2,15H. The predicted molar refractivity (Wildman–Crippen MR) is 65.4 cm³/mol. The molecule has 0 atom stereocenters. The van der Waals surface area contributed by atoms with E-state index in [0.29, 0.717) is 0 Å². The number of nitrogens with one attached hydrogen (secondary N) is 1. The van der Waals surface area contributed by atoms with E-state index in [4.69, 9.17) is 33.7 Å². The predicted octanol–water partition coefficient (Wildman–Crippen LogP) is 2.72. The molecule has 1 aromatic carbocycles. The van der Waals surface area contributed by atoms with Crippen LogP contribution in [0.3, 0.4) is 0 Å². The lowest BCUT2D eigenvalue weighted by Gasteiger charge is -2.05. The fraction of sp³-hybridized carbons (Fsp3) is 0. The maximum Gasteiger partial charge on any atom is 0.272 e. The van der Waals surface area contributed by atoms with Crippen LogP contribution in [-0.2, 0) is 0 Å². The average Bonchev–Trinajstić information content (AvgIpc) is 2.32. The third kappa shape index (κ3) is 3.08. The fourth-order valence-corrected chi connectivity index (χ4v) is 1.52. The Morgan fingerprint density at radius 1 is 1.33 bits per heavy atom. The van der Waals surface area contributed by atoms with Crippen LogP contribution in [0.1, 0.15) is 0 Å². The Morgan fingerprint density at radius 3 is 2.22 bits per heavy atom. The lowest BCUT2D eigenvalue weighted by Crippen LogP contribution is -1.98. The minimum atomic E-state index is -0.652. The van der Waals surface area contributed by atoms with E-state index >= 15 is 0 Å². The van der Waals surface area contributed by atoms with Crippen molar-refractivity contribution in [1.29, 1.82) is 10.5 Å². The number of rotatable bonds is 3. The number of non-ortho nitro benzene ring substituents is 1. The zero-order valence-corrected chi connectivity index (χ0v) is 10.0. The smallest absolute Gasteiger partial charge is 0.272 e. The van der Waals surface area contributed by atoms with E-state index in [1.807, 2.05) is 0 Å². The molecule has 0 saturated carbocycles. The Morgan fingerprint density at radius 2 is 1.83 bits per heavy atom. The first-order chi connectivity index (χ1) is 8.49. The lowest BCUT2D eigenvalue weighted by atomic mass is 10.3. The zero-order chi connectivity index (χ0) is 13.7. The van der Waals surface area contributed by atoms with Crippen LogP contribution in [0.25, 0.3) is 0 Å². The number of nitriles is 2. The molecule has 0 amide bonds. The highest BCUT2D eigenvalue weighted by molar-refractivity contribution is 6.39. The van der Waals surface area contributed by atoms with Gasteiger partial charge in [0.25, 0.3) is 5.69 Å². The molecule has 0 aromatic heterocycles. The van der Waals surface area contributed by atoms with Crippen molar-refractivity contribution in [2.24, 2.45) is 5.10 Å². The number of anilines is 1. The van der Waals surface area contributed by atoms with Crippen LogP contribution in [0.2, 0.25) is 10.0 Å². The SMILES string of the molecule is N#CC(C#N)=NNc1c(Cl)cc([N+](=O)[O-])cc1Cl. The molecule has 1 rings (SSSR count). The minimum Gasteiger partial charge on any atom is -0.273 e. The Balaban J connectivity index is 3.14. The second kappa shape index (κ2) is 5.82. The summed E-state index contributed by atoms with van der Waals surface area (Å²) in [5, 5.41) is 30.8. The molecule has 18 heavy (non-hydrogen) atoms. The molecule has 1 aromatic rings. The normalized spacial score (nSPS) is 8.89. The fourth-order valence-electron chi connectivity index (χ4n) is 0.959. The van der Waals surface area contributed by atoms with Crippen LogP contribution in [-0.4, -0.2) is 10.6 Å². The van der Waals surface area contributed by atoms with Crippen LogP contribution in [0.4, 0.5) is 11.4 Å². The summed E-state index contributed by atoms with van der Waals surface area (Å²) in [5.74, 6) is 0. The summed E-state index contributed by atoms with van der Waals surface area (Å²) in [6.07, 6.45) is 0. The van der Waals surface area contributed by atoms with E-state index in [9.17, 15) is 10.1 Å². The Bertz CT molecular complexity index is 575. The number of hydrazone groups is 1. The van der Waals surface area contributed by atoms with E-state index < -0.39 is 10.6 Å².